The Hall–Kier alpha value is 0.940. The van der Waals surface area contributed by atoms with E-state index in [0.29, 0.717) is 4.48 Å². The van der Waals surface area contributed by atoms with Gasteiger partial charge in [0, 0.05) is 4.91 Å². The first-order valence-corrected chi connectivity index (χ1v) is 5.45. The molecular formula is C5HBr3OS. The fraction of sp³-hybridized carbons (Fsp3) is 0. The van der Waals surface area contributed by atoms with Gasteiger partial charge in [0.15, 0.2) is 0 Å². The van der Waals surface area contributed by atoms with Gasteiger partial charge < -0.3 is 0 Å². The smallest absolute Gasteiger partial charge is 0.231 e. The monoisotopic (exact) mass is 346 g/mol. The summed E-state index contributed by atoms with van der Waals surface area (Å²) in [5.74, 6) is 0. The van der Waals surface area contributed by atoms with E-state index in [-0.39, 0.29) is 5.12 Å². The highest BCUT2D eigenvalue weighted by atomic mass is 79.9. The second-order valence-corrected chi connectivity index (χ2v) is 6.03. The van der Waals surface area contributed by atoms with E-state index in [1.807, 2.05) is 0 Å². The predicted octanol–water partition coefficient (Wildman–Crippen LogP) is 3.50. The van der Waals surface area contributed by atoms with Crippen LogP contribution in [0, 0.1) is 0 Å². The summed E-state index contributed by atoms with van der Waals surface area (Å²) in [4.78, 5) is 11.8. The number of allylic oxidation sites excluding steroid dienone is 1. The van der Waals surface area contributed by atoms with Crippen molar-refractivity contribution in [1.82, 2.24) is 0 Å². The molecule has 1 rings (SSSR count). The first kappa shape index (κ1) is 9.03. The fourth-order valence-electron chi connectivity index (χ4n) is 0.445. The number of hydrogen-bond acceptors (Lipinski definition) is 2. The summed E-state index contributed by atoms with van der Waals surface area (Å²) < 4.78 is 1.43. The molecule has 5 heteroatoms. The molecule has 0 aromatic heterocycles. The Morgan fingerprint density at radius 3 is 2.30 bits per heavy atom. The lowest BCUT2D eigenvalue weighted by atomic mass is 10.5. The number of halogens is 3. The third-order valence-corrected chi connectivity index (χ3v) is 4.02. The molecule has 0 N–H and O–H groups in total. The average molecular weight is 349 g/mol. The highest BCUT2D eigenvalue weighted by Crippen LogP contribution is 2.39. The summed E-state index contributed by atoms with van der Waals surface area (Å²) in [5.41, 5.74) is 0. The van der Waals surface area contributed by atoms with Gasteiger partial charge in [-0.3, -0.25) is 4.79 Å². The molecule has 1 aliphatic heterocycles. The van der Waals surface area contributed by atoms with Gasteiger partial charge in [0.05, 0.1) is 7.87 Å². The van der Waals surface area contributed by atoms with E-state index in [2.05, 4.69) is 47.8 Å². The van der Waals surface area contributed by atoms with Gasteiger partial charge in [-0.2, -0.15) is 0 Å². The van der Waals surface area contributed by atoms with Gasteiger partial charge in [-0.25, -0.2) is 0 Å². The third kappa shape index (κ3) is 1.96. The van der Waals surface area contributed by atoms with E-state index >= 15 is 0 Å². The maximum absolute atomic E-state index is 10.9. The van der Waals surface area contributed by atoms with Crippen LogP contribution in [0.1, 0.15) is 0 Å². The molecule has 10 heavy (non-hydrogen) atoms. The summed E-state index contributed by atoms with van der Waals surface area (Å²) in [6.07, 6.45) is 1.77. The van der Waals surface area contributed by atoms with Crippen molar-refractivity contribution < 1.29 is 4.79 Å². The summed E-state index contributed by atoms with van der Waals surface area (Å²) in [5, 5.41) is 0.0476. The zero-order valence-corrected chi connectivity index (χ0v) is 10.1. The first-order valence-electron chi connectivity index (χ1n) is 2.26. The minimum absolute atomic E-state index is 0.0476. The molecule has 1 nitrogen and oxygen atoms in total. The van der Waals surface area contributed by atoms with Gasteiger partial charge in [0.1, 0.15) is 0 Å². The van der Waals surface area contributed by atoms with Crippen molar-refractivity contribution in [3.8, 4) is 0 Å². The number of rotatable bonds is 0. The molecule has 0 atom stereocenters. The van der Waals surface area contributed by atoms with Crippen LogP contribution in [0.5, 0.6) is 0 Å². The Kier molecular flexibility index (Phi) is 3.21. The van der Waals surface area contributed by atoms with Crippen LogP contribution in [-0.4, -0.2) is 5.12 Å². The van der Waals surface area contributed by atoms with Gasteiger partial charge in [-0.05, 0) is 65.6 Å². The van der Waals surface area contributed by atoms with Crippen LogP contribution in [-0.2, 0) is 4.79 Å². The van der Waals surface area contributed by atoms with Crippen LogP contribution in [0.25, 0.3) is 0 Å². The minimum atomic E-state index is 0.0476. The topological polar surface area (TPSA) is 17.1 Å². The van der Waals surface area contributed by atoms with Crippen molar-refractivity contribution in [1.29, 1.82) is 0 Å². The molecule has 54 valence electrons. The van der Waals surface area contributed by atoms with Crippen molar-refractivity contribution in [3.63, 3.8) is 0 Å². The molecule has 0 saturated carbocycles. The molecule has 0 bridgehead atoms. The SMILES string of the molecule is O=C1SC(=C(Br)Br)C=C1Br. The van der Waals surface area contributed by atoms with E-state index in [1.54, 1.807) is 6.08 Å². The minimum Gasteiger partial charge on any atom is -0.281 e. The zero-order valence-electron chi connectivity index (χ0n) is 4.53. The predicted molar refractivity (Wildman–Crippen MR) is 54.5 cm³/mol. The number of thioether (sulfide) groups is 1. The van der Waals surface area contributed by atoms with Gasteiger partial charge in [0.25, 0.3) is 0 Å². The van der Waals surface area contributed by atoms with E-state index in [4.69, 9.17) is 0 Å². The lowest BCUT2D eigenvalue weighted by Crippen LogP contribution is -1.79. The van der Waals surface area contributed by atoms with Crippen LogP contribution in [0.4, 0.5) is 0 Å². The molecule has 0 radical (unpaired) electrons. The molecule has 0 aromatic rings. The lowest BCUT2D eigenvalue weighted by Gasteiger charge is -1.88. The Balaban J connectivity index is 2.95. The highest BCUT2D eigenvalue weighted by molar-refractivity contribution is 9.28. The Morgan fingerprint density at radius 1 is 1.50 bits per heavy atom. The van der Waals surface area contributed by atoms with Gasteiger partial charge >= 0.3 is 0 Å². The number of carbonyl (C=O) groups excluding carboxylic acids is 1. The molecule has 0 aliphatic carbocycles. The molecule has 0 saturated heterocycles. The second-order valence-electron chi connectivity index (χ2n) is 1.51. The van der Waals surface area contributed by atoms with Crippen molar-refractivity contribution in [3.05, 3.63) is 18.9 Å². The standard InChI is InChI=1S/C5HBr3OS/c6-2-1-3(4(7)8)10-5(2)9/h1H. The molecule has 0 unspecified atom stereocenters. The van der Waals surface area contributed by atoms with Crippen LogP contribution in [0.3, 0.4) is 0 Å². The van der Waals surface area contributed by atoms with Gasteiger partial charge in [-0.15, -0.1) is 0 Å². The summed E-state index contributed by atoms with van der Waals surface area (Å²) in [6.45, 7) is 0. The third-order valence-electron chi connectivity index (χ3n) is 0.842. The Labute approximate surface area is 87.7 Å². The van der Waals surface area contributed by atoms with Crippen molar-refractivity contribution in [2.45, 2.75) is 0 Å². The number of carbonyl (C=O) groups is 1. The quantitative estimate of drug-likeness (QED) is 0.666. The average Bonchev–Trinajstić information content (AvgIpc) is 2.13. The highest BCUT2D eigenvalue weighted by Gasteiger charge is 2.19. The Bertz CT molecular complexity index is 239. The molecule has 0 amide bonds. The largest absolute Gasteiger partial charge is 0.281 e. The van der Waals surface area contributed by atoms with E-state index < -0.39 is 0 Å². The fourth-order valence-corrected chi connectivity index (χ4v) is 2.39. The normalized spacial score (nSPS) is 17.7. The zero-order chi connectivity index (χ0) is 7.72. The van der Waals surface area contributed by atoms with Gasteiger partial charge in [0.2, 0.25) is 5.12 Å². The van der Waals surface area contributed by atoms with E-state index in [9.17, 15) is 4.79 Å². The maximum Gasteiger partial charge on any atom is 0.231 e. The Morgan fingerprint density at radius 2 is 2.10 bits per heavy atom. The van der Waals surface area contributed by atoms with Crippen LogP contribution in [0.15, 0.2) is 18.9 Å². The lowest BCUT2D eigenvalue weighted by molar-refractivity contribution is -0.107. The van der Waals surface area contributed by atoms with Crippen molar-refractivity contribution in [2.24, 2.45) is 0 Å². The summed E-state index contributed by atoms with van der Waals surface area (Å²) in [6, 6.07) is 0. The van der Waals surface area contributed by atoms with Crippen LogP contribution in [0.2, 0.25) is 0 Å². The summed E-state index contributed by atoms with van der Waals surface area (Å²) >= 11 is 10.7. The van der Waals surface area contributed by atoms with Gasteiger partial charge in [-0.1, -0.05) is 0 Å². The second kappa shape index (κ2) is 3.56. The van der Waals surface area contributed by atoms with E-state index in [1.165, 1.54) is 11.8 Å². The van der Waals surface area contributed by atoms with E-state index in [0.717, 1.165) is 8.30 Å². The van der Waals surface area contributed by atoms with Crippen LogP contribution < -0.4 is 0 Å². The molecule has 0 fully saturated rings. The summed E-state index contributed by atoms with van der Waals surface area (Å²) in [7, 11) is 0. The molecule has 0 spiro atoms. The van der Waals surface area contributed by atoms with Crippen molar-refractivity contribution >= 4 is 64.7 Å². The molecule has 1 heterocycles. The number of hydrogen-bond donors (Lipinski definition) is 0. The molecule has 1 aliphatic rings. The first-order chi connectivity index (χ1) is 4.61. The molecular weight excluding hydrogens is 348 g/mol. The van der Waals surface area contributed by atoms with Crippen molar-refractivity contribution in [2.75, 3.05) is 0 Å². The maximum atomic E-state index is 10.9. The molecule has 0 aromatic carbocycles. The van der Waals surface area contributed by atoms with Crippen LogP contribution >= 0.6 is 59.6 Å².